The van der Waals surface area contributed by atoms with Crippen molar-refractivity contribution in [1.29, 1.82) is 0 Å². The highest BCUT2D eigenvalue weighted by atomic mass is 16.6. The number of rotatable bonds is 7. The molecule has 0 aliphatic rings. The Bertz CT molecular complexity index is 752. The molecule has 0 spiro atoms. The molecule has 0 aliphatic carbocycles. The molecule has 25 heavy (non-hydrogen) atoms. The van der Waals surface area contributed by atoms with Crippen LogP contribution in [0.1, 0.15) is 45.1 Å². The van der Waals surface area contributed by atoms with Crippen molar-refractivity contribution in [3.63, 3.8) is 0 Å². The highest BCUT2D eigenvalue weighted by Crippen LogP contribution is 2.20. The van der Waals surface area contributed by atoms with Gasteiger partial charge < -0.3 is 15.6 Å². The molecule has 1 aromatic heterocycles. The maximum absolute atomic E-state index is 12.8. The van der Waals surface area contributed by atoms with Crippen LogP contribution >= 0.6 is 0 Å². The minimum absolute atomic E-state index is 0.260. The van der Waals surface area contributed by atoms with Gasteiger partial charge in [0.05, 0.1) is 17.9 Å². The summed E-state index contributed by atoms with van der Waals surface area (Å²) in [6, 6.07) is -2.21. The minimum atomic E-state index is -1.28. The van der Waals surface area contributed by atoms with Crippen LogP contribution in [-0.2, 0) is 20.9 Å². The van der Waals surface area contributed by atoms with Crippen LogP contribution < -0.4 is 11.4 Å². The summed E-state index contributed by atoms with van der Waals surface area (Å²) in [6.07, 6.45) is 2.80. The zero-order valence-electron chi connectivity index (χ0n) is 15.0. The van der Waals surface area contributed by atoms with Gasteiger partial charge in [-0.2, -0.15) is 0 Å². The summed E-state index contributed by atoms with van der Waals surface area (Å²) in [7, 11) is 0. The van der Waals surface area contributed by atoms with Gasteiger partial charge in [0, 0.05) is 0 Å². The highest BCUT2D eigenvalue weighted by Gasteiger charge is 2.29. The number of esters is 1. The van der Waals surface area contributed by atoms with E-state index in [0.29, 0.717) is 11.4 Å². The van der Waals surface area contributed by atoms with Crippen molar-refractivity contribution in [3.05, 3.63) is 35.0 Å². The Balaban J connectivity index is 3.46. The van der Waals surface area contributed by atoms with Gasteiger partial charge in [0.2, 0.25) is 0 Å². The summed E-state index contributed by atoms with van der Waals surface area (Å²) in [5, 5.41) is 8.99. The molecule has 1 aromatic rings. The average Bonchev–Trinajstić information content (AvgIpc) is 2.76. The fraction of sp³-hybridized carbons (Fsp3) is 0.471. The van der Waals surface area contributed by atoms with Crippen molar-refractivity contribution in [2.45, 2.75) is 51.9 Å². The lowest BCUT2D eigenvalue weighted by Gasteiger charge is -2.23. The lowest BCUT2D eigenvalue weighted by Crippen LogP contribution is -2.40. The zero-order valence-corrected chi connectivity index (χ0v) is 15.0. The zero-order chi connectivity index (χ0) is 19.5. The standard InChI is InChI=1S/C17H25N3O5/c1-7-12-13(8-2)20(10(3)15(23)25-17(4,5)6)16(24)19(12)9-11(18)14(21)22/h7-8,10-11H,1-2,9,18H2,3-6H3,(H,21,22). The van der Waals surface area contributed by atoms with Gasteiger partial charge in [-0.05, 0) is 39.8 Å². The van der Waals surface area contributed by atoms with Gasteiger partial charge in [-0.3, -0.25) is 13.9 Å². The summed E-state index contributed by atoms with van der Waals surface area (Å²) in [5.74, 6) is -1.83. The lowest BCUT2D eigenvalue weighted by atomic mass is 10.2. The number of aromatic nitrogens is 2. The number of imidazole rings is 1. The second kappa shape index (κ2) is 7.52. The van der Waals surface area contributed by atoms with E-state index in [0.717, 1.165) is 0 Å². The molecule has 8 heteroatoms. The van der Waals surface area contributed by atoms with Gasteiger partial charge in [0.15, 0.2) is 0 Å². The molecule has 0 saturated carbocycles. The predicted molar refractivity (Wildman–Crippen MR) is 95.0 cm³/mol. The lowest BCUT2D eigenvalue weighted by molar-refractivity contribution is -0.158. The average molecular weight is 351 g/mol. The second-order valence-electron chi connectivity index (χ2n) is 6.60. The van der Waals surface area contributed by atoms with Crippen molar-refractivity contribution in [2.75, 3.05) is 0 Å². The number of carboxylic acids is 1. The number of aliphatic carboxylic acids is 1. The van der Waals surface area contributed by atoms with Crippen LogP contribution in [0.25, 0.3) is 12.2 Å². The van der Waals surface area contributed by atoms with E-state index < -0.39 is 35.3 Å². The predicted octanol–water partition coefficient (Wildman–Crippen LogP) is 1.25. The molecule has 2 atom stereocenters. The van der Waals surface area contributed by atoms with Gasteiger partial charge in [-0.25, -0.2) is 9.59 Å². The highest BCUT2D eigenvalue weighted by molar-refractivity contribution is 5.75. The van der Waals surface area contributed by atoms with Crippen molar-refractivity contribution in [1.82, 2.24) is 9.13 Å². The second-order valence-corrected chi connectivity index (χ2v) is 6.60. The van der Waals surface area contributed by atoms with E-state index in [1.165, 1.54) is 28.2 Å². The molecule has 8 nitrogen and oxygen atoms in total. The SMILES string of the molecule is C=Cc1c(C=C)n(C(C)C(=O)OC(C)(C)C)c(=O)n1CC(N)C(=O)O. The Morgan fingerprint density at radius 2 is 1.80 bits per heavy atom. The largest absolute Gasteiger partial charge is 0.480 e. The first-order chi connectivity index (χ1) is 11.4. The Morgan fingerprint density at radius 1 is 1.28 bits per heavy atom. The monoisotopic (exact) mass is 351 g/mol. The fourth-order valence-electron chi connectivity index (χ4n) is 2.33. The van der Waals surface area contributed by atoms with E-state index in [-0.39, 0.29) is 6.54 Å². The van der Waals surface area contributed by atoms with Crippen molar-refractivity contribution >= 4 is 24.1 Å². The van der Waals surface area contributed by atoms with Gasteiger partial charge in [-0.1, -0.05) is 13.2 Å². The van der Waals surface area contributed by atoms with Gasteiger partial charge in [-0.15, -0.1) is 0 Å². The molecule has 0 aromatic carbocycles. The van der Waals surface area contributed by atoms with E-state index in [9.17, 15) is 14.4 Å². The smallest absolute Gasteiger partial charge is 0.329 e. The Hall–Kier alpha value is -2.61. The normalized spacial score (nSPS) is 13.8. The molecule has 0 bridgehead atoms. The maximum Gasteiger partial charge on any atom is 0.329 e. The molecule has 0 aliphatic heterocycles. The quantitative estimate of drug-likeness (QED) is 0.714. The molecule has 0 saturated heterocycles. The van der Waals surface area contributed by atoms with Crippen LogP contribution in [0.2, 0.25) is 0 Å². The minimum Gasteiger partial charge on any atom is -0.480 e. The van der Waals surface area contributed by atoms with Crippen molar-refractivity contribution in [3.8, 4) is 0 Å². The molecule has 3 N–H and O–H groups in total. The number of hydrogen-bond donors (Lipinski definition) is 2. The van der Waals surface area contributed by atoms with Gasteiger partial charge in [0.1, 0.15) is 17.7 Å². The first kappa shape index (κ1) is 20.4. The van der Waals surface area contributed by atoms with Crippen LogP contribution in [-0.4, -0.2) is 37.8 Å². The van der Waals surface area contributed by atoms with Crippen molar-refractivity contribution in [2.24, 2.45) is 5.73 Å². The molecule has 1 heterocycles. The molecule has 1 rings (SSSR count). The van der Waals surface area contributed by atoms with E-state index in [1.807, 2.05) is 0 Å². The molecule has 2 unspecified atom stereocenters. The molecule has 0 fully saturated rings. The van der Waals surface area contributed by atoms with Gasteiger partial charge in [0.25, 0.3) is 0 Å². The molecule has 138 valence electrons. The number of nitrogens with two attached hydrogens (primary N) is 1. The third kappa shape index (κ3) is 4.48. The summed E-state index contributed by atoms with van der Waals surface area (Å²) in [4.78, 5) is 36.1. The number of carboxylic acid groups (broad SMARTS) is 1. The van der Waals surface area contributed by atoms with Crippen molar-refractivity contribution < 1.29 is 19.4 Å². The Labute approximate surface area is 146 Å². The number of carbonyl (C=O) groups is 2. The topological polar surface area (TPSA) is 117 Å². The van der Waals surface area contributed by atoms with E-state index in [1.54, 1.807) is 20.8 Å². The number of ether oxygens (including phenoxy) is 1. The first-order valence-corrected chi connectivity index (χ1v) is 7.75. The maximum atomic E-state index is 12.8. The summed E-state index contributed by atoms with van der Waals surface area (Å²) < 4.78 is 7.70. The first-order valence-electron chi connectivity index (χ1n) is 7.75. The molecule has 0 radical (unpaired) electrons. The summed E-state index contributed by atoms with van der Waals surface area (Å²) >= 11 is 0. The Morgan fingerprint density at radius 3 is 2.20 bits per heavy atom. The number of hydrogen-bond acceptors (Lipinski definition) is 5. The summed E-state index contributed by atoms with van der Waals surface area (Å²) in [5.41, 5.74) is 4.93. The van der Waals surface area contributed by atoms with Crippen LogP contribution in [0.4, 0.5) is 0 Å². The van der Waals surface area contributed by atoms with Gasteiger partial charge >= 0.3 is 17.6 Å². The molecular weight excluding hydrogens is 326 g/mol. The number of carbonyl (C=O) groups excluding carboxylic acids is 1. The van der Waals surface area contributed by atoms with Crippen LogP contribution in [0.5, 0.6) is 0 Å². The van der Waals surface area contributed by atoms with E-state index in [2.05, 4.69) is 13.2 Å². The molecule has 0 amide bonds. The van der Waals surface area contributed by atoms with E-state index in [4.69, 9.17) is 15.6 Å². The third-order valence-corrected chi connectivity index (χ3v) is 3.47. The Kier molecular flexibility index (Phi) is 6.15. The van der Waals surface area contributed by atoms with Crippen LogP contribution in [0, 0.1) is 0 Å². The fourth-order valence-corrected chi connectivity index (χ4v) is 2.33. The van der Waals surface area contributed by atoms with Crippen LogP contribution in [0.15, 0.2) is 18.0 Å². The van der Waals surface area contributed by atoms with Crippen LogP contribution in [0.3, 0.4) is 0 Å². The summed E-state index contributed by atoms with van der Waals surface area (Å²) in [6.45, 7) is 13.7. The third-order valence-electron chi connectivity index (χ3n) is 3.47. The van der Waals surface area contributed by atoms with E-state index >= 15 is 0 Å². The number of nitrogens with zero attached hydrogens (tertiary/aromatic N) is 2. The molecular formula is C17H25N3O5.